The first-order valence-corrected chi connectivity index (χ1v) is 10.6. The number of carbonyl (C=O) groups is 1. The van der Waals surface area contributed by atoms with Gasteiger partial charge in [-0.1, -0.05) is 12.1 Å². The van der Waals surface area contributed by atoms with Gasteiger partial charge in [0, 0.05) is 17.4 Å². The maximum atomic E-state index is 12.8. The van der Waals surface area contributed by atoms with Gasteiger partial charge in [0.2, 0.25) is 0 Å². The minimum absolute atomic E-state index is 0.104. The molecule has 0 bridgehead atoms. The molecule has 0 aliphatic rings. The fraction of sp³-hybridized carbons (Fsp3) is 0.0952. The van der Waals surface area contributed by atoms with Crippen LogP contribution in [0.1, 0.15) is 11.1 Å². The summed E-state index contributed by atoms with van der Waals surface area (Å²) >= 11 is 0. The molecule has 0 aliphatic carbocycles. The molecule has 0 saturated heterocycles. The molecule has 0 unspecified atom stereocenters. The molecule has 0 aromatic heterocycles. The highest BCUT2D eigenvalue weighted by molar-refractivity contribution is 7.92. The Morgan fingerprint density at radius 3 is 2.12 bits per heavy atom. The zero-order chi connectivity index (χ0) is 23.5. The molecule has 0 heterocycles. The normalized spacial score (nSPS) is 11.6. The Morgan fingerprint density at radius 1 is 0.875 bits per heavy atom. The maximum absolute atomic E-state index is 12.8. The van der Waals surface area contributed by atoms with Gasteiger partial charge in [0.15, 0.2) is 0 Å². The van der Waals surface area contributed by atoms with Crippen LogP contribution in [0.4, 0.5) is 35.0 Å². The van der Waals surface area contributed by atoms with Gasteiger partial charge in [0.1, 0.15) is 5.75 Å². The summed E-state index contributed by atoms with van der Waals surface area (Å²) in [6, 6.07) is 12.9. The van der Waals surface area contributed by atoms with Crippen molar-refractivity contribution in [1.29, 1.82) is 0 Å². The molecule has 168 valence electrons. The zero-order valence-electron chi connectivity index (χ0n) is 16.6. The van der Waals surface area contributed by atoms with Crippen LogP contribution in [0.3, 0.4) is 0 Å². The lowest BCUT2D eigenvalue weighted by molar-refractivity contribution is -0.137. The average Bonchev–Trinajstić information content (AvgIpc) is 2.68. The van der Waals surface area contributed by atoms with E-state index < -0.39 is 27.8 Å². The molecular formula is C21H18F3N3O4S. The molecule has 11 heteroatoms. The quantitative estimate of drug-likeness (QED) is 0.417. The van der Waals surface area contributed by atoms with E-state index in [4.69, 9.17) is 0 Å². The standard InChI is InChI=1S/C21H18F3N3O4S/c1-13-5-8-16(12-19(13)32(30,31)27-17-3-2-4-18(28)11-17)26-20(29)25-15-9-6-14(7-10-15)21(22,23)24/h2-12,27-28H,1H3,(H2,25,26,29). The van der Waals surface area contributed by atoms with Crippen LogP contribution in [-0.4, -0.2) is 19.6 Å². The van der Waals surface area contributed by atoms with Crippen LogP contribution < -0.4 is 15.4 Å². The molecule has 0 spiro atoms. The molecule has 4 N–H and O–H groups in total. The number of aromatic hydroxyl groups is 1. The fourth-order valence-corrected chi connectivity index (χ4v) is 4.10. The Labute approximate surface area is 182 Å². The van der Waals surface area contributed by atoms with Crippen molar-refractivity contribution >= 4 is 33.1 Å². The number of phenols is 1. The van der Waals surface area contributed by atoms with Crippen molar-refractivity contribution in [3.63, 3.8) is 0 Å². The van der Waals surface area contributed by atoms with E-state index in [0.29, 0.717) is 5.56 Å². The van der Waals surface area contributed by atoms with Crippen molar-refractivity contribution in [2.24, 2.45) is 0 Å². The maximum Gasteiger partial charge on any atom is 0.416 e. The predicted octanol–water partition coefficient (Wildman–Crippen LogP) is 5.16. The molecule has 0 radical (unpaired) electrons. The van der Waals surface area contributed by atoms with Gasteiger partial charge in [-0.15, -0.1) is 0 Å². The highest BCUT2D eigenvalue weighted by atomic mass is 32.2. The first kappa shape index (κ1) is 22.9. The lowest BCUT2D eigenvalue weighted by Crippen LogP contribution is -2.20. The summed E-state index contributed by atoms with van der Waals surface area (Å²) in [5.41, 5.74) is -0.0115. The minimum Gasteiger partial charge on any atom is -0.508 e. The number of rotatable bonds is 5. The molecular weight excluding hydrogens is 447 g/mol. The van der Waals surface area contributed by atoms with E-state index in [9.17, 15) is 31.5 Å². The average molecular weight is 465 g/mol. The number of urea groups is 1. The van der Waals surface area contributed by atoms with Crippen LogP contribution in [0.15, 0.2) is 71.6 Å². The molecule has 3 aromatic carbocycles. The van der Waals surface area contributed by atoms with Crippen molar-refractivity contribution in [3.8, 4) is 5.75 Å². The third kappa shape index (κ3) is 5.70. The molecule has 2 amide bonds. The Morgan fingerprint density at radius 2 is 1.50 bits per heavy atom. The van der Waals surface area contributed by atoms with Crippen LogP contribution in [-0.2, 0) is 16.2 Å². The predicted molar refractivity (Wildman–Crippen MR) is 114 cm³/mol. The van der Waals surface area contributed by atoms with Gasteiger partial charge in [-0.3, -0.25) is 4.72 Å². The lowest BCUT2D eigenvalue weighted by atomic mass is 10.2. The summed E-state index contributed by atoms with van der Waals surface area (Å²) in [5.74, 6) is -0.114. The number of phenolic OH excluding ortho intramolecular Hbond substituents is 1. The number of anilines is 3. The number of alkyl halides is 3. The minimum atomic E-state index is -4.49. The summed E-state index contributed by atoms with van der Waals surface area (Å²) in [6.07, 6.45) is -4.49. The SMILES string of the molecule is Cc1ccc(NC(=O)Nc2ccc(C(F)(F)F)cc2)cc1S(=O)(=O)Nc1cccc(O)c1. The van der Waals surface area contributed by atoms with Crippen LogP contribution in [0.5, 0.6) is 5.75 Å². The topological polar surface area (TPSA) is 108 Å². The smallest absolute Gasteiger partial charge is 0.416 e. The Kier molecular flexibility index (Phi) is 6.30. The van der Waals surface area contributed by atoms with Gasteiger partial charge in [-0.2, -0.15) is 13.2 Å². The van der Waals surface area contributed by atoms with E-state index >= 15 is 0 Å². The second kappa shape index (κ2) is 8.79. The number of benzene rings is 3. The van der Waals surface area contributed by atoms with E-state index in [1.807, 2.05) is 0 Å². The van der Waals surface area contributed by atoms with Crippen molar-refractivity contribution < 1.29 is 31.5 Å². The van der Waals surface area contributed by atoms with Crippen LogP contribution >= 0.6 is 0 Å². The molecule has 32 heavy (non-hydrogen) atoms. The number of hydrogen-bond donors (Lipinski definition) is 4. The first-order chi connectivity index (χ1) is 14.9. The van der Waals surface area contributed by atoms with Crippen molar-refractivity contribution in [3.05, 3.63) is 77.9 Å². The highest BCUT2D eigenvalue weighted by Crippen LogP contribution is 2.30. The number of carbonyl (C=O) groups excluding carboxylic acids is 1. The van der Waals surface area contributed by atoms with Crippen LogP contribution in [0.25, 0.3) is 0 Å². The molecule has 7 nitrogen and oxygen atoms in total. The van der Waals surface area contributed by atoms with E-state index in [0.717, 1.165) is 24.3 Å². The molecule has 0 atom stereocenters. The van der Waals surface area contributed by atoms with Crippen molar-refractivity contribution in [2.75, 3.05) is 15.4 Å². The van der Waals surface area contributed by atoms with E-state index in [2.05, 4.69) is 15.4 Å². The number of sulfonamides is 1. The zero-order valence-corrected chi connectivity index (χ0v) is 17.4. The summed E-state index contributed by atoms with van der Waals surface area (Å²) in [4.78, 5) is 12.1. The molecule has 0 aliphatic heterocycles. The monoisotopic (exact) mass is 465 g/mol. The van der Waals surface area contributed by atoms with Gasteiger partial charge in [0.25, 0.3) is 10.0 Å². The van der Waals surface area contributed by atoms with E-state index in [1.54, 1.807) is 6.92 Å². The number of amides is 2. The second-order valence-corrected chi connectivity index (χ2v) is 8.44. The highest BCUT2D eigenvalue weighted by Gasteiger charge is 2.30. The molecule has 0 saturated carbocycles. The van der Waals surface area contributed by atoms with Gasteiger partial charge in [-0.05, 0) is 61.0 Å². The van der Waals surface area contributed by atoms with Gasteiger partial charge < -0.3 is 15.7 Å². The number of nitrogens with one attached hydrogen (secondary N) is 3. The molecule has 3 rings (SSSR count). The van der Waals surface area contributed by atoms with Crippen molar-refractivity contribution in [1.82, 2.24) is 0 Å². The lowest BCUT2D eigenvalue weighted by Gasteiger charge is -2.13. The first-order valence-electron chi connectivity index (χ1n) is 9.12. The van der Waals surface area contributed by atoms with Gasteiger partial charge in [-0.25, -0.2) is 13.2 Å². The number of aryl methyl sites for hydroxylation is 1. The Balaban J connectivity index is 1.74. The van der Waals surface area contributed by atoms with Gasteiger partial charge in [0.05, 0.1) is 16.1 Å². The number of hydrogen-bond acceptors (Lipinski definition) is 4. The Hall–Kier alpha value is -3.73. The molecule has 3 aromatic rings. The van der Waals surface area contributed by atoms with Crippen molar-refractivity contribution in [2.45, 2.75) is 18.0 Å². The third-order valence-corrected chi connectivity index (χ3v) is 5.83. The van der Waals surface area contributed by atoms with Crippen LogP contribution in [0, 0.1) is 6.92 Å². The summed E-state index contributed by atoms with van der Waals surface area (Å²) in [7, 11) is -4.04. The van der Waals surface area contributed by atoms with E-state index in [-0.39, 0.29) is 27.7 Å². The largest absolute Gasteiger partial charge is 0.508 e. The summed E-state index contributed by atoms with van der Waals surface area (Å²) in [5, 5.41) is 14.3. The summed E-state index contributed by atoms with van der Waals surface area (Å²) in [6.45, 7) is 1.57. The third-order valence-electron chi connectivity index (χ3n) is 4.30. The van der Waals surface area contributed by atoms with Gasteiger partial charge >= 0.3 is 12.2 Å². The summed E-state index contributed by atoms with van der Waals surface area (Å²) < 4.78 is 65.8. The van der Waals surface area contributed by atoms with E-state index in [1.165, 1.54) is 42.5 Å². The molecule has 0 fully saturated rings. The Bertz CT molecular complexity index is 1240. The fourth-order valence-electron chi connectivity index (χ4n) is 2.78. The van der Waals surface area contributed by atoms with Crippen LogP contribution in [0.2, 0.25) is 0 Å². The number of halogens is 3. The second-order valence-electron chi connectivity index (χ2n) is 6.79.